The van der Waals surface area contributed by atoms with Gasteiger partial charge in [-0.05, 0) is 30.4 Å². The van der Waals surface area contributed by atoms with Gasteiger partial charge in [-0.15, -0.1) is 0 Å². The van der Waals surface area contributed by atoms with E-state index in [1.807, 2.05) is 16.7 Å². The van der Waals surface area contributed by atoms with Gasteiger partial charge >= 0.3 is 0 Å². The van der Waals surface area contributed by atoms with Crippen LogP contribution in [0.2, 0.25) is 0 Å². The molecule has 1 aliphatic heterocycles. The maximum atomic E-state index is 12.7. The van der Waals surface area contributed by atoms with E-state index in [0.29, 0.717) is 32.0 Å². The lowest BCUT2D eigenvalue weighted by Gasteiger charge is -2.33. The Labute approximate surface area is 146 Å². The minimum absolute atomic E-state index is 0.105. The van der Waals surface area contributed by atoms with Crippen molar-refractivity contribution in [3.05, 3.63) is 48.3 Å². The highest BCUT2D eigenvalue weighted by Gasteiger charge is 2.34. The maximum Gasteiger partial charge on any atom is 0.245 e. The first kappa shape index (κ1) is 15.8. The zero-order valence-corrected chi connectivity index (χ0v) is 14.0. The number of amides is 2. The zero-order chi connectivity index (χ0) is 17.2. The molecule has 0 aromatic carbocycles. The summed E-state index contributed by atoms with van der Waals surface area (Å²) < 4.78 is 1.87. The predicted octanol–water partition coefficient (Wildman–Crippen LogP) is 1.28. The van der Waals surface area contributed by atoms with Crippen molar-refractivity contribution in [1.29, 1.82) is 0 Å². The molecule has 0 radical (unpaired) electrons. The molecule has 2 aromatic rings. The number of carbonyl (C=O) groups is 2. The van der Waals surface area contributed by atoms with E-state index in [1.165, 1.54) is 0 Å². The first-order valence-electron chi connectivity index (χ1n) is 8.66. The van der Waals surface area contributed by atoms with E-state index < -0.39 is 6.04 Å². The summed E-state index contributed by atoms with van der Waals surface area (Å²) in [6.07, 6.45) is 9.73. The fraction of sp³-hybridized carbons (Fsp3) is 0.444. The lowest BCUT2D eigenvalue weighted by atomic mass is 10.1. The Morgan fingerprint density at radius 3 is 2.88 bits per heavy atom. The van der Waals surface area contributed by atoms with E-state index >= 15 is 0 Å². The van der Waals surface area contributed by atoms with Gasteiger partial charge in [0.15, 0.2) is 0 Å². The van der Waals surface area contributed by atoms with Crippen molar-refractivity contribution in [1.82, 2.24) is 24.8 Å². The highest BCUT2D eigenvalue weighted by Crippen LogP contribution is 2.33. The molecule has 1 unspecified atom stereocenters. The molecule has 2 amide bonds. The molecule has 1 atom stereocenters. The van der Waals surface area contributed by atoms with Crippen LogP contribution in [0.25, 0.3) is 0 Å². The molecule has 1 saturated carbocycles. The summed E-state index contributed by atoms with van der Waals surface area (Å²) in [5.74, 6) is 0.573. The molecule has 25 heavy (non-hydrogen) atoms. The quantitative estimate of drug-likeness (QED) is 0.890. The summed E-state index contributed by atoms with van der Waals surface area (Å²) in [7, 11) is 0. The third-order valence-electron chi connectivity index (χ3n) is 4.83. The largest absolute Gasteiger partial charge is 0.350 e. The first-order chi connectivity index (χ1) is 12.2. The van der Waals surface area contributed by atoms with Gasteiger partial charge in [-0.2, -0.15) is 0 Å². The van der Waals surface area contributed by atoms with Crippen molar-refractivity contribution < 1.29 is 9.59 Å². The molecule has 4 rings (SSSR count). The highest BCUT2D eigenvalue weighted by molar-refractivity contribution is 5.83. The van der Waals surface area contributed by atoms with Crippen molar-refractivity contribution in [3.63, 3.8) is 0 Å². The van der Waals surface area contributed by atoms with Gasteiger partial charge in [-0.1, -0.05) is 6.07 Å². The molecule has 7 nitrogen and oxygen atoms in total. The topological polar surface area (TPSA) is 80.1 Å². The Morgan fingerprint density at radius 2 is 2.12 bits per heavy atom. The van der Waals surface area contributed by atoms with Gasteiger partial charge in [0.25, 0.3) is 0 Å². The van der Waals surface area contributed by atoms with Crippen LogP contribution in [0.5, 0.6) is 0 Å². The zero-order valence-electron chi connectivity index (χ0n) is 14.0. The summed E-state index contributed by atoms with van der Waals surface area (Å²) in [4.78, 5) is 35.2. The van der Waals surface area contributed by atoms with Crippen LogP contribution < -0.4 is 5.32 Å². The molecule has 0 bridgehead atoms. The van der Waals surface area contributed by atoms with Gasteiger partial charge in [-0.3, -0.25) is 14.6 Å². The number of hydrogen-bond acceptors (Lipinski definition) is 4. The van der Waals surface area contributed by atoms with Gasteiger partial charge < -0.3 is 14.8 Å². The second kappa shape index (κ2) is 6.66. The van der Waals surface area contributed by atoms with Crippen LogP contribution in [0, 0.1) is 5.92 Å². The first-order valence-corrected chi connectivity index (χ1v) is 8.66. The van der Waals surface area contributed by atoms with Gasteiger partial charge in [0.05, 0.1) is 25.1 Å². The van der Waals surface area contributed by atoms with Crippen molar-refractivity contribution in [2.45, 2.75) is 38.4 Å². The monoisotopic (exact) mass is 339 g/mol. The number of carbonyl (C=O) groups excluding carboxylic acids is 2. The van der Waals surface area contributed by atoms with E-state index in [0.717, 1.165) is 24.1 Å². The third kappa shape index (κ3) is 3.55. The number of aromatic nitrogens is 3. The maximum absolute atomic E-state index is 12.7. The number of fused-ring (bicyclic) bond motifs is 1. The second-order valence-corrected chi connectivity index (χ2v) is 6.81. The number of pyridine rings is 1. The smallest absolute Gasteiger partial charge is 0.245 e. The molecule has 1 N–H and O–H groups in total. The highest BCUT2D eigenvalue weighted by atomic mass is 16.2. The van der Waals surface area contributed by atoms with Crippen LogP contribution in [0.4, 0.5) is 0 Å². The van der Waals surface area contributed by atoms with Crippen LogP contribution in [0.15, 0.2) is 37.1 Å². The summed E-state index contributed by atoms with van der Waals surface area (Å²) in [5.41, 5.74) is 1.84. The van der Waals surface area contributed by atoms with Gasteiger partial charge in [0, 0.05) is 31.6 Å². The molecule has 2 aliphatic rings. The van der Waals surface area contributed by atoms with Gasteiger partial charge in [0.1, 0.15) is 6.04 Å². The standard InChI is InChI=1S/C18H21N5O2/c24-17(6-13-3-4-13)22-10-15-9-20-12-23(15)16(11-22)18(25)21-8-14-2-1-5-19-7-14/h1-2,5,7,9,12-13,16H,3-4,6,8,10-11H2,(H,21,25). The number of hydrogen-bond donors (Lipinski definition) is 1. The summed E-state index contributed by atoms with van der Waals surface area (Å²) in [6.45, 7) is 1.34. The predicted molar refractivity (Wildman–Crippen MR) is 90.1 cm³/mol. The number of nitrogens with one attached hydrogen (secondary N) is 1. The molecule has 1 fully saturated rings. The van der Waals surface area contributed by atoms with Crippen LogP contribution in [-0.2, 0) is 22.7 Å². The Morgan fingerprint density at radius 1 is 1.24 bits per heavy atom. The average molecular weight is 339 g/mol. The van der Waals surface area contributed by atoms with E-state index in [9.17, 15) is 9.59 Å². The Balaban J connectivity index is 1.45. The lowest BCUT2D eigenvalue weighted by Crippen LogP contribution is -2.46. The second-order valence-electron chi connectivity index (χ2n) is 6.81. The molecule has 0 saturated heterocycles. The number of nitrogens with zero attached hydrogens (tertiary/aromatic N) is 4. The summed E-state index contributed by atoms with van der Waals surface area (Å²) in [6, 6.07) is 3.32. The fourth-order valence-electron chi connectivity index (χ4n) is 3.20. The van der Waals surface area contributed by atoms with Crippen LogP contribution in [-0.4, -0.2) is 37.8 Å². The normalized spacial score (nSPS) is 19.4. The number of imidazole rings is 1. The van der Waals surface area contributed by atoms with E-state index in [-0.39, 0.29) is 11.8 Å². The van der Waals surface area contributed by atoms with Crippen LogP contribution in [0.1, 0.15) is 36.6 Å². The summed E-state index contributed by atoms with van der Waals surface area (Å²) >= 11 is 0. The number of rotatable bonds is 5. The fourth-order valence-corrected chi connectivity index (χ4v) is 3.20. The Bertz CT molecular complexity index is 769. The Hall–Kier alpha value is -2.70. The molecule has 130 valence electrons. The minimum Gasteiger partial charge on any atom is -0.350 e. The minimum atomic E-state index is -0.439. The molecular weight excluding hydrogens is 318 g/mol. The van der Waals surface area contributed by atoms with Crippen molar-refractivity contribution in [3.8, 4) is 0 Å². The SMILES string of the molecule is O=C(NCc1cccnc1)C1CN(C(=O)CC2CC2)Cc2cncn21. The molecule has 1 aliphatic carbocycles. The Kier molecular flexibility index (Phi) is 4.21. The molecule has 7 heteroatoms. The van der Waals surface area contributed by atoms with Crippen molar-refractivity contribution >= 4 is 11.8 Å². The van der Waals surface area contributed by atoms with Crippen molar-refractivity contribution in [2.24, 2.45) is 5.92 Å². The van der Waals surface area contributed by atoms with E-state index in [2.05, 4.69) is 15.3 Å². The van der Waals surface area contributed by atoms with Crippen LogP contribution in [0.3, 0.4) is 0 Å². The molecule has 0 spiro atoms. The molecule has 2 aromatic heterocycles. The third-order valence-corrected chi connectivity index (χ3v) is 4.83. The summed E-state index contributed by atoms with van der Waals surface area (Å²) in [5, 5.41) is 2.95. The molecule has 3 heterocycles. The van der Waals surface area contributed by atoms with Crippen molar-refractivity contribution in [2.75, 3.05) is 6.54 Å². The van der Waals surface area contributed by atoms with E-state index in [1.54, 1.807) is 29.8 Å². The lowest BCUT2D eigenvalue weighted by molar-refractivity contribution is -0.135. The molecular formula is C18H21N5O2. The van der Waals surface area contributed by atoms with Gasteiger partial charge in [-0.25, -0.2) is 4.98 Å². The average Bonchev–Trinajstić information content (AvgIpc) is 3.32. The van der Waals surface area contributed by atoms with Gasteiger partial charge in [0.2, 0.25) is 11.8 Å². The van der Waals surface area contributed by atoms with E-state index in [4.69, 9.17) is 0 Å². The van der Waals surface area contributed by atoms with Crippen LogP contribution >= 0.6 is 0 Å².